The fraction of sp³-hybridized carbons (Fsp3) is 0.421. The lowest BCUT2D eigenvalue weighted by Gasteiger charge is -2.36. The average molecular weight is 417 g/mol. The molecule has 6 nitrogen and oxygen atoms in total. The van der Waals surface area contributed by atoms with Gasteiger partial charge < -0.3 is 14.5 Å². The van der Waals surface area contributed by atoms with Gasteiger partial charge in [-0.2, -0.15) is 4.98 Å². The number of rotatable bonds is 4. The number of carbonyl (C=O) groups excluding carboxylic acids is 1. The van der Waals surface area contributed by atoms with Crippen LogP contribution in [0.15, 0.2) is 41.0 Å². The van der Waals surface area contributed by atoms with Crippen LogP contribution in [0.4, 0.5) is 5.95 Å². The molecule has 26 heavy (non-hydrogen) atoms. The maximum absolute atomic E-state index is 13.2. The molecule has 1 aromatic carbocycles. The maximum atomic E-state index is 13.2. The predicted octanol–water partition coefficient (Wildman–Crippen LogP) is 2.63. The molecule has 0 radical (unpaired) electrons. The smallest absolute Gasteiger partial charge is 0.233 e. The molecule has 0 atom stereocenters. The zero-order valence-corrected chi connectivity index (χ0v) is 16.3. The number of carbonyl (C=O) groups is 1. The molecule has 1 aromatic heterocycles. The summed E-state index contributed by atoms with van der Waals surface area (Å²) in [5, 5.41) is 0. The minimum Gasteiger partial charge on any atom is -0.481 e. The van der Waals surface area contributed by atoms with E-state index in [4.69, 9.17) is 4.74 Å². The van der Waals surface area contributed by atoms with Gasteiger partial charge >= 0.3 is 0 Å². The standard InChI is InChI=1S/C19H21BrN4O2/c1-26-16-6-9-21-18(22-16)24-12-10-23(11-13-24)17(25)19(7-8-19)14-2-4-15(20)5-3-14/h2-6,9H,7-8,10-13H2,1H3. The van der Waals surface area contributed by atoms with Crippen molar-refractivity contribution in [1.82, 2.24) is 14.9 Å². The van der Waals surface area contributed by atoms with Crippen LogP contribution in [-0.4, -0.2) is 54.1 Å². The number of halogens is 1. The first kappa shape index (κ1) is 17.3. The average Bonchev–Trinajstić information content (AvgIpc) is 3.50. The van der Waals surface area contributed by atoms with Crippen LogP contribution in [0.5, 0.6) is 5.88 Å². The Morgan fingerprint density at radius 1 is 1.12 bits per heavy atom. The van der Waals surface area contributed by atoms with Crippen molar-refractivity contribution in [1.29, 1.82) is 0 Å². The van der Waals surface area contributed by atoms with Gasteiger partial charge in [0.05, 0.1) is 12.5 Å². The molecule has 2 fully saturated rings. The van der Waals surface area contributed by atoms with Crippen molar-refractivity contribution < 1.29 is 9.53 Å². The van der Waals surface area contributed by atoms with E-state index < -0.39 is 0 Å². The van der Waals surface area contributed by atoms with Crippen molar-refractivity contribution in [3.05, 3.63) is 46.6 Å². The number of piperazine rings is 1. The number of ether oxygens (including phenoxy) is 1. The van der Waals surface area contributed by atoms with Gasteiger partial charge in [0.25, 0.3) is 0 Å². The molecular formula is C19H21BrN4O2. The lowest BCUT2D eigenvalue weighted by atomic mass is 9.94. The Kier molecular flexibility index (Phi) is 4.56. The van der Waals surface area contributed by atoms with E-state index in [-0.39, 0.29) is 11.3 Å². The number of methoxy groups -OCH3 is 1. The van der Waals surface area contributed by atoms with Gasteiger partial charge in [-0.15, -0.1) is 0 Å². The lowest BCUT2D eigenvalue weighted by molar-refractivity contribution is -0.134. The molecular weight excluding hydrogens is 396 g/mol. The van der Waals surface area contributed by atoms with Crippen molar-refractivity contribution >= 4 is 27.8 Å². The molecule has 1 aliphatic heterocycles. The summed E-state index contributed by atoms with van der Waals surface area (Å²) in [5.41, 5.74) is 0.819. The van der Waals surface area contributed by atoms with Gasteiger partial charge in [-0.1, -0.05) is 28.1 Å². The zero-order valence-electron chi connectivity index (χ0n) is 14.7. The highest BCUT2D eigenvalue weighted by molar-refractivity contribution is 9.10. The molecule has 0 N–H and O–H groups in total. The first-order valence-corrected chi connectivity index (χ1v) is 9.59. The van der Waals surface area contributed by atoms with E-state index in [0.717, 1.165) is 36.0 Å². The molecule has 7 heteroatoms. The minimum atomic E-state index is -0.310. The normalized spacial score (nSPS) is 18.5. The Morgan fingerprint density at radius 2 is 1.81 bits per heavy atom. The topological polar surface area (TPSA) is 58.6 Å². The molecule has 0 bridgehead atoms. The molecule has 1 amide bonds. The van der Waals surface area contributed by atoms with Crippen LogP contribution in [0.2, 0.25) is 0 Å². The van der Waals surface area contributed by atoms with E-state index in [1.165, 1.54) is 0 Å². The van der Waals surface area contributed by atoms with Crippen LogP contribution in [0.3, 0.4) is 0 Å². The van der Waals surface area contributed by atoms with E-state index >= 15 is 0 Å². The van der Waals surface area contributed by atoms with E-state index in [1.54, 1.807) is 19.4 Å². The summed E-state index contributed by atoms with van der Waals surface area (Å²) in [6.07, 6.45) is 3.57. The summed E-state index contributed by atoms with van der Waals surface area (Å²) in [4.78, 5) is 26.0. The van der Waals surface area contributed by atoms with Gasteiger partial charge in [-0.3, -0.25) is 4.79 Å². The van der Waals surface area contributed by atoms with Crippen molar-refractivity contribution in [3.63, 3.8) is 0 Å². The second-order valence-corrected chi connectivity index (χ2v) is 7.68. The monoisotopic (exact) mass is 416 g/mol. The molecule has 1 aliphatic carbocycles. The highest BCUT2D eigenvalue weighted by Crippen LogP contribution is 2.49. The van der Waals surface area contributed by atoms with Gasteiger partial charge in [-0.25, -0.2) is 4.98 Å². The molecule has 1 saturated carbocycles. The number of hydrogen-bond donors (Lipinski definition) is 0. The van der Waals surface area contributed by atoms with Gasteiger partial charge in [0.1, 0.15) is 0 Å². The first-order valence-electron chi connectivity index (χ1n) is 8.80. The fourth-order valence-corrected chi connectivity index (χ4v) is 3.79. The number of benzene rings is 1. The molecule has 4 rings (SSSR count). The molecule has 136 valence electrons. The second-order valence-electron chi connectivity index (χ2n) is 6.77. The van der Waals surface area contributed by atoms with Gasteiger partial charge in [0.2, 0.25) is 17.7 Å². The second kappa shape index (κ2) is 6.87. The van der Waals surface area contributed by atoms with Crippen molar-refractivity contribution in [2.75, 3.05) is 38.2 Å². The highest BCUT2D eigenvalue weighted by Gasteiger charge is 2.53. The zero-order chi connectivity index (χ0) is 18.1. The Morgan fingerprint density at radius 3 is 2.42 bits per heavy atom. The third kappa shape index (κ3) is 3.16. The summed E-state index contributed by atoms with van der Waals surface area (Å²) in [7, 11) is 1.60. The van der Waals surface area contributed by atoms with Crippen molar-refractivity contribution in [2.45, 2.75) is 18.3 Å². The van der Waals surface area contributed by atoms with E-state index in [1.807, 2.05) is 17.0 Å². The predicted molar refractivity (Wildman–Crippen MR) is 102 cm³/mol. The van der Waals surface area contributed by atoms with Gasteiger partial charge in [0.15, 0.2) is 0 Å². The van der Waals surface area contributed by atoms with E-state index in [0.29, 0.717) is 24.9 Å². The molecule has 0 spiro atoms. The van der Waals surface area contributed by atoms with Crippen molar-refractivity contribution in [2.24, 2.45) is 0 Å². The van der Waals surface area contributed by atoms with Crippen LogP contribution in [0.1, 0.15) is 18.4 Å². The van der Waals surface area contributed by atoms with Crippen LogP contribution in [-0.2, 0) is 10.2 Å². The number of amides is 1. The maximum Gasteiger partial charge on any atom is 0.233 e. The SMILES string of the molecule is COc1ccnc(N2CCN(C(=O)C3(c4ccc(Br)cc4)CC3)CC2)n1. The number of aromatic nitrogens is 2. The largest absolute Gasteiger partial charge is 0.481 e. The molecule has 2 aromatic rings. The molecule has 2 aliphatic rings. The van der Waals surface area contributed by atoms with Gasteiger partial charge in [-0.05, 0) is 30.5 Å². The van der Waals surface area contributed by atoms with Crippen LogP contribution in [0.25, 0.3) is 0 Å². The highest BCUT2D eigenvalue weighted by atomic mass is 79.9. The summed E-state index contributed by atoms with van der Waals surface area (Å²) >= 11 is 3.46. The van der Waals surface area contributed by atoms with Crippen LogP contribution in [0, 0.1) is 0 Å². The van der Waals surface area contributed by atoms with Crippen LogP contribution < -0.4 is 9.64 Å². The third-order valence-corrected chi connectivity index (χ3v) is 5.76. The Balaban J connectivity index is 1.43. The minimum absolute atomic E-state index is 0.256. The molecule has 1 saturated heterocycles. The summed E-state index contributed by atoms with van der Waals surface area (Å²) in [6.45, 7) is 2.85. The number of nitrogens with zero attached hydrogens (tertiary/aromatic N) is 4. The third-order valence-electron chi connectivity index (χ3n) is 5.23. The summed E-state index contributed by atoms with van der Waals surface area (Å²) in [5.74, 6) is 1.47. The Hall–Kier alpha value is -2.15. The molecule has 0 unspecified atom stereocenters. The molecule has 2 heterocycles. The van der Waals surface area contributed by atoms with Crippen LogP contribution >= 0.6 is 15.9 Å². The van der Waals surface area contributed by atoms with Crippen molar-refractivity contribution in [3.8, 4) is 5.88 Å². The number of hydrogen-bond acceptors (Lipinski definition) is 5. The lowest BCUT2D eigenvalue weighted by Crippen LogP contribution is -2.52. The quantitative estimate of drug-likeness (QED) is 0.766. The first-order chi connectivity index (χ1) is 12.6. The van der Waals surface area contributed by atoms with E-state index in [2.05, 4.69) is 42.9 Å². The fourth-order valence-electron chi connectivity index (χ4n) is 3.53. The Bertz CT molecular complexity index is 799. The summed E-state index contributed by atoms with van der Waals surface area (Å²) in [6, 6.07) is 9.89. The Labute approximate surface area is 161 Å². The van der Waals surface area contributed by atoms with E-state index in [9.17, 15) is 4.79 Å². The number of anilines is 1. The van der Waals surface area contributed by atoms with Gasteiger partial charge in [0, 0.05) is 42.9 Å². The summed E-state index contributed by atoms with van der Waals surface area (Å²) < 4.78 is 6.21.